The lowest BCUT2D eigenvalue weighted by atomic mass is 10.1. The minimum atomic E-state index is -0.698. The van der Waals surface area contributed by atoms with Gasteiger partial charge in [0.25, 0.3) is 11.8 Å². The van der Waals surface area contributed by atoms with Crippen molar-refractivity contribution in [1.29, 1.82) is 0 Å². The highest BCUT2D eigenvalue weighted by Gasteiger charge is 2.21. The van der Waals surface area contributed by atoms with Gasteiger partial charge in [0.2, 0.25) is 0 Å². The molecule has 6 nitrogen and oxygen atoms in total. The first kappa shape index (κ1) is 21.2. The summed E-state index contributed by atoms with van der Waals surface area (Å²) in [5.74, 6) is -1.36. The standard InChI is InChI=1S/C22H26N2O4/c1-4-16(2)23-20(25)15-28-22(27)19-13-9-8-12-18(19)21(26)24(3)14-17-10-6-5-7-11-17/h5-13,16H,4,14-15H2,1-3H3,(H,23,25)/t16-/m1/s1. The van der Waals surface area contributed by atoms with Gasteiger partial charge in [-0.15, -0.1) is 0 Å². The van der Waals surface area contributed by atoms with Gasteiger partial charge in [-0.3, -0.25) is 9.59 Å². The minimum absolute atomic E-state index is 0.00621. The molecule has 2 aromatic rings. The van der Waals surface area contributed by atoms with Gasteiger partial charge in [0.1, 0.15) is 0 Å². The quantitative estimate of drug-likeness (QED) is 0.712. The maximum Gasteiger partial charge on any atom is 0.339 e. The van der Waals surface area contributed by atoms with E-state index in [1.54, 1.807) is 25.2 Å². The van der Waals surface area contributed by atoms with Crippen LogP contribution in [0.5, 0.6) is 0 Å². The molecule has 0 saturated heterocycles. The lowest BCUT2D eigenvalue weighted by Gasteiger charge is -2.19. The zero-order valence-electron chi connectivity index (χ0n) is 16.5. The van der Waals surface area contributed by atoms with Crippen LogP contribution in [0.15, 0.2) is 54.6 Å². The number of benzene rings is 2. The molecule has 0 aliphatic rings. The molecule has 6 heteroatoms. The van der Waals surface area contributed by atoms with Crippen molar-refractivity contribution in [2.24, 2.45) is 0 Å². The number of nitrogens with one attached hydrogen (secondary N) is 1. The van der Waals surface area contributed by atoms with Crippen LogP contribution in [-0.4, -0.2) is 42.4 Å². The first-order valence-electron chi connectivity index (χ1n) is 9.27. The van der Waals surface area contributed by atoms with E-state index in [0.29, 0.717) is 6.54 Å². The Hall–Kier alpha value is -3.15. The van der Waals surface area contributed by atoms with Gasteiger partial charge in [-0.1, -0.05) is 49.4 Å². The van der Waals surface area contributed by atoms with Gasteiger partial charge in [-0.2, -0.15) is 0 Å². The summed E-state index contributed by atoms with van der Waals surface area (Å²) in [6.07, 6.45) is 0.783. The van der Waals surface area contributed by atoms with E-state index in [1.807, 2.05) is 44.2 Å². The fourth-order valence-electron chi connectivity index (χ4n) is 2.61. The van der Waals surface area contributed by atoms with Crippen LogP contribution < -0.4 is 5.32 Å². The molecule has 0 saturated carbocycles. The first-order chi connectivity index (χ1) is 13.4. The van der Waals surface area contributed by atoms with E-state index in [4.69, 9.17) is 4.74 Å². The lowest BCUT2D eigenvalue weighted by Crippen LogP contribution is -2.35. The molecule has 148 valence electrons. The predicted octanol–water partition coefficient (Wildman–Crippen LogP) is 3.03. The van der Waals surface area contributed by atoms with Crippen LogP contribution in [0.4, 0.5) is 0 Å². The topological polar surface area (TPSA) is 75.7 Å². The van der Waals surface area contributed by atoms with Gasteiger partial charge in [-0.05, 0) is 31.0 Å². The Morgan fingerprint density at radius 3 is 2.25 bits per heavy atom. The summed E-state index contributed by atoms with van der Waals surface area (Å²) in [6.45, 7) is 3.85. The molecule has 28 heavy (non-hydrogen) atoms. The second-order valence-electron chi connectivity index (χ2n) is 6.65. The number of carbonyl (C=O) groups excluding carboxylic acids is 3. The summed E-state index contributed by atoms with van der Waals surface area (Å²) in [5.41, 5.74) is 1.37. The third-order valence-corrected chi connectivity index (χ3v) is 4.34. The number of amides is 2. The zero-order valence-corrected chi connectivity index (χ0v) is 16.5. The largest absolute Gasteiger partial charge is 0.452 e. The molecule has 0 aliphatic carbocycles. The molecule has 0 spiro atoms. The van der Waals surface area contributed by atoms with Crippen LogP contribution in [0.3, 0.4) is 0 Å². The van der Waals surface area contributed by atoms with Crippen LogP contribution in [0.25, 0.3) is 0 Å². The van der Waals surface area contributed by atoms with Crippen molar-refractivity contribution >= 4 is 17.8 Å². The van der Waals surface area contributed by atoms with Crippen LogP contribution in [-0.2, 0) is 16.1 Å². The average Bonchev–Trinajstić information content (AvgIpc) is 2.72. The number of ether oxygens (including phenoxy) is 1. The molecule has 2 aromatic carbocycles. The van der Waals surface area contributed by atoms with Gasteiger partial charge in [-0.25, -0.2) is 4.79 Å². The van der Waals surface area contributed by atoms with Gasteiger partial charge in [0.15, 0.2) is 6.61 Å². The minimum Gasteiger partial charge on any atom is -0.452 e. The highest BCUT2D eigenvalue weighted by atomic mass is 16.5. The number of rotatable bonds is 8. The third-order valence-electron chi connectivity index (χ3n) is 4.34. The fourth-order valence-corrected chi connectivity index (χ4v) is 2.61. The smallest absolute Gasteiger partial charge is 0.339 e. The summed E-state index contributed by atoms with van der Waals surface area (Å²) in [5, 5.41) is 2.73. The molecule has 2 amide bonds. The van der Waals surface area contributed by atoms with Gasteiger partial charge < -0.3 is 15.0 Å². The third kappa shape index (κ3) is 5.94. The number of nitrogens with zero attached hydrogens (tertiary/aromatic N) is 1. The lowest BCUT2D eigenvalue weighted by molar-refractivity contribution is -0.124. The van der Waals surface area contributed by atoms with E-state index < -0.39 is 5.97 Å². The van der Waals surface area contributed by atoms with Crippen molar-refractivity contribution < 1.29 is 19.1 Å². The average molecular weight is 382 g/mol. The van der Waals surface area contributed by atoms with Crippen LogP contribution >= 0.6 is 0 Å². The van der Waals surface area contributed by atoms with Crippen molar-refractivity contribution in [3.8, 4) is 0 Å². The van der Waals surface area contributed by atoms with Crippen molar-refractivity contribution in [1.82, 2.24) is 10.2 Å². The highest BCUT2D eigenvalue weighted by molar-refractivity contribution is 6.05. The molecular formula is C22H26N2O4. The molecule has 1 N–H and O–H groups in total. The molecule has 1 atom stereocenters. The van der Waals surface area contributed by atoms with E-state index in [0.717, 1.165) is 12.0 Å². The molecule has 2 rings (SSSR count). The summed E-state index contributed by atoms with van der Waals surface area (Å²) in [6, 6.07) is 16.0. The first-order valence-corrected chi connectivity index (χ1v) is 9.27. The molecule has 0 fully saturated rings. The van der Waals surface area contributed by atoms with Gasteiger partial charge in [0.05, 0.1) is 11.1 Å². The normalized spacial score (nSPS) is 11.4. The number of carbonyl (C=O) groups is 3. The highest BCUT2D eigenvalue weighted by Crippen LogP contribution is 2.14. The molecule has 0 radical (unpaired) electrons. The molecule has 0 unspecified atom stereocenters. The van der Waals surface area contributed by atoms with Gasteiger partial charge in [0, 0.05) is 19.6 Å². The van der Waals surface area contributed by atoms with Crippen LogP contribution in [0.2, 0.25) is 0 Å². The number of hydrogen-bond acceptors (Lipinski definition) is 4. The Balaban J connectivity index is 2.05. The molecule has 0 aliphatic heterocycles. The Bertz CT molecular complexity index is 820. The van der Waals surface area contributed by atoms with Crippen molar-refractivity contribution in [3.63, 3.8) is 0 Å². The van der Waals surface area contributed by atoms with Crippen molar-refractivity contribution in [3.05, 3.63) is 71.3 Å². The Labute approximate surface area is 165 Å². The molecule has 0 heterocycles. The predicted molar refractivity (Wildman–Crippen MR) is 107 cm³/mol. The van der Waals surface area contributed by atoms with E-state index in [-0.39, 0.29) is 35.6 Å². The fraction of sp³-hybridized carbons (Fsp3) is 0.318. The van der Waals surface area contributed by atoms with E-state index in [9.17, 15) is 14.4 Å². The van der Waals surface area contributed by atoms with Crippen LogP contribution in [0.1, 0.15) is 46.5 Å². The van der Waals surface area contributed by atoms with Gasteiger partial charge >= 0.3 is 5.97 Å². The number of hydrogen-bond donors (Lipinski definition) is 1. The van der Waals surface area contributed by atoms with E-state index in [2.05, 4.69) is 5.32 Å². The summed E-state index contributed by atoms with van der Waals surface area (Å²) in [4.78, 5) is 38.6. The van der Waals surface area contributed by atoms with Crippen molar-refractivity contribution in [2.75, 3.05) is 13.7 Å². The monoisotopic (exact) mass is 382 g/mol. The Morgan fingerprint density at radius 2 is 1.61 bits per heavy atom. The van der Waals surface area contributed by atoms with E-state index >= 15 is 0 Å². The Morgan fingerprint density at radius 1 is 1.00 bits per heavy atom. The Kier molecular flexibility index (Phi) is 7.75. The molecule has 0 bridgehead atoms. The zero-order chi connectivity index (χ0) is 20.5. The second-order valence-corrected chi connectivity index (χ2v) is 6.65. The summed E-state index contributed by atoms with van der Waals surface area (Å²) < 4.78 is 5.10. The SMILES string of the molecule is CC[C@@H](C)NC(=O)COC(=O)c1ccccc1C(=O)N(C)Cc1ccccc1. The second kappa shape index (κ2) is 10.3. The molecule has 0 aromatic heterocycles. The maximum absolute atomic E-state index is 12.8. The van der Waals surface area contributed by atoms with Crippen LogP contribution in [0, 0.1) is 0 Å². The van der Waals surface area contributed by atoms with Crippen molar-refractivity contribution in [2.45, 2.75) is 32.9 Å². The van der Waals surface area contributed by atoms with E-state index in [1.165, 1.54) is 11.0 Å². The number of esters is 1. The summed E-state index contributed by atoms with van der Waals surface area (Å²) in [7, 11) is 1.68. The summed E-state index contributed by atoms with van der Waals surface area (Å²) >= 11 is 0. The molecular weight excluding hydrogens is 356 g/mol. The maximum atomic E-state index is 12.8.